The number of hydrogen-bond acceptors (Lipinski definition) is 2. The van der Waals surface area contributed by atoms with Gasteiger partial charge >= 0.3 is 0 Å². The van der Waals surface area contributed by atoms with Gasteiger partial charge in [-0.25, -0.2) is 0 Å². The SMILES string of the molecule is Cc1ccc(C(=O)Nc2ccc(C#N)c(Cl)c2)cc1C. The molecule has 0 spiro atoms. The van der Waals surface area contributed by atoms with Gasteiger partial charge in [0.15, 0.2) is 0 Å². The van der Waals surface area contributed by atoms with Crippen molar-refractivity contribution in [2.24, 2.45) is 0 Å². The van der Waals surface area contributed by atoms with Crippen LogP contribution in [0.2, 0.25) is 5.02 Å². The lowest BCUT2D eigenvalue weighted by Crippen LogP contribution is -2.12. The Hall–Kier alpha value is -2.31. The summed E-state index contributed by atoms with van der Waals surface area (Å²) in [5.41, 5.74) is 3.75. The van der Waals surface area contributed by atoms with Crippen molar-refractivity contribution in [2.45, 2.75) is 13.8 Å². The first-order valence-corrected chi connectivity index (χ1v) is 6.47. The lowest BCUT2D eigenvalue weighted by Gasteiger charge is -2.08. The van der Waals surface area contributed by atoms with Gasteiger partial charge < -0.3 is 5.32 Å². The van der Waals surface area contributed by atoms with E-state index in [1.165, 1.54) is 0 Å². The molecule has 0 saturated heterocycles. The van der Waals surface area contributed by atoms with Crippen molar-refractivity contribution >= 4 is 23.2 Å². The molecule has 100 valence electrons. The van der Waals surface area contributed by atoms with Gasteiger partial charge in [-0.3, -0.25) is 4.79 Å². The van der Waals surface area contributed by atoms with E-state index in [0.29, 0.717) is 21.8 Å². The number of carbonyl (C=O) groups excluding carboxylic acids is 1. The molecule has 0 aliphatic heterocycles. The third-order valence-corrected chi connectivity index (χ3v) is 3.43. The molecule has 0 radical (unpaired) electrons. The molecule has 4 heteroatoms. The van der Waals surface area contributed by atoms with Gasteiger partial charge in [0.1, 0.15) is 6.07 Å². The smallest absolute Gasteiger partial charge is 0.255 e. The van der Waals surface area contributed by atoms with E-state index in [1.54, 1.807) is 24.3 Å². The van der Waals surface area contributed by atoms with Crippen LogP contribution in [0.5, 0.6) is 0 Å². The second kappa shape index (κ2) is 5.77. The van der Waals surface area contributed by atoms with Crippen molar-refractivity contribution in [1.29, 1.82) is 5.26 Å². The molecule has 20 heavy (non-hydrogen) atoms. The largest absolute Gasteiger partial charge is 0.322 e. The molecule has 0 saturated carbocycles. The van der Waals surface area contributed by atoms with E-state index in [9.17, 15) is 4.79 Å². The zero-order valence-corrected chi connectivity index (χ0v) is 12.0. The van der Waals surface area contributed by atoms with Gasteiger partial charge in [-0.1, -0.05) is 17.7 Å². The van der Waals surface area contributed by atoms with E-state index in [1.807, 2.05) is 32.0 Å². The minimum Gasteiger partial charge on any atom is -0.322 e. The average molecular weight is 285 g/mol. The van der Waals surface area contributed by atoms with E-state index >= 15 is 0 Å². The molecule has 0 aromatic heterocycles. The van der Waals surface area contributed by atoms with Gasteiger partial charge in [0.2, 0.25) is 0 Å². The van der Waals surface area contributed by atoms with Gasteiger partial charge in [-0.15, -0.1) is 0 Å². The zero-order chi connectivity index (χ0) is 14.7. The fourth-order valence-electron chi connectivity index (χ4n) is 1.77. The minimum atomic E-state index is -0.200. The Morgan fingerprint density at radius 2 is 1.90 bits per heavy atom. The topological polar surface area (TPSA) is 52.9 Å². The number of halogens is 1. The van der Waals surface area contributed by atoms with Crippen molar-refractivity contribution in [3.63, 3.8) is 0 Å². The zero-order valence-electron chi connectivity index (χ0n) is 11.2. The summed E-state index contributed by atoms with van der Waals surface area (Å²) < 4.78 is 0. The number of rotatable bonds is 2. The Labute approximate surface area is 122 Å². The van der Waals surface area contributed by atoms with Crippen LogP contribution in [0.3, 0.4) is 0 Å². The van der Waals surface area contributed by atoms with Gasteiger partial charge in [0.25, 0.3) is 5.91 Å². The third-order valence-electron chi connectivity index (χ3n) is 3.12. The van der Waals surface area contributed by atoms with E-state index in [0.717, 1.165) is 11.1 Å². The van der Waals surface area contributed by atoms with Crippen LogP contribution in [0.25, 0.3) is 0 Å². The number of benzene rings is 2. The number of amides is 1. The number of anilines is 1. The average Bonchev–Trinajstić information content (AvgIpc) is 2.42. The molecule has 3 nitrogen and oxygen atoms in total. The van der Waals surface area contributed by atoms with Crippen molar-refractivity contribution in [3.8, 4) is 6.07 Å². The van der Waals surface area contributed by atoms with Crippen LogP contribution in [0.4, 0.5) is 5.69 Å². The highest BCUT2D eigenvalue weighted by atomic mass is 35.5. The number of hydrogen-bond donors (Lipinski definition) is 1. The Balaban J connectivity index is 2.21. The van der Waals surface area contributed by atoms with Crippen LogP contribution in [0.1, 0.15) is 27.0 Å². The molecular weight excluding hydrogens is 272 g/mol. The van der Waals surface area contributed by atoms with Crippen LogP contribution in [0.15, 0.2) is 36.4 Å². The van der Waals surface area contributed by atoms with Crippen LogP contribution >= 0.6 is 11.6 Å². The quantitative estimate of drug-likeness (QED) is 0.903. The fraction of sp³-hybridized carbons (Fsp3) is 0.125. The summed E-state index contributed by atoms with van der Waals surface area (Å²) in [4.78, 5) is 12.1. The summed E-state index contributed by atoms with van der Waals surface area (Å²) >= 11 is 5.93. The summed E-state index contributed by atoms with van der Waals surface area (Å²) in [6.07, 6.45) is 0. The highest BCUT2D eigenvalue weighted by Gasteiger charge is 2.08. The lowest BCUT2D eigenvalue weighted by atomic mass is 10.1. The Kier molecular flexibility index (Phi) is 4.07. The van der Waals surface area contributed by atoms with E-state index < -0.39 is 0 Å². The molecule has 0 aliphatic carbocycles. The first-order chi connectivity index (χ1) is 9.51. The predicted molar refractivity (Wildman–Crippen MR) is 80.0 cm³/mol. The van der Waals surface area contributed by atoms with E-state index in [4.69, 9.17) is 16.9 Å². The summed E-state index contributed by atoms with van der Waals surface area (Å²) in [6.45, 7) is 3.96. The van der Waals surface area contributed by atoms with Crippen LogP contribution in [-0.4, -0.2) is 5.91 Å². The molecule has 0 atom stereocenters. The molecule has 0 heterocycles. The van der Waals surface area contributed by atoms with E-state index in [2.05, 4.69) is 5.32 Å². The maximum atomic E-state index is 12.1. The van der Waals surface area contributed by atoms with Crippen LogP contribution < -0.4 is 5.32 Å². The maximum Gasteiger partial charge on any atom is 0.255 e. The highest BCUT2D eigenvalue weighted by Crippen LogP contribution is 2.21. The number of nitrogens with one attached hydrogen (secondary N) is 1. The fourth-order valence-corrected chi connectivity index (χ4v) is 1.99. The predicted octanol–water partition coefficient (Wildman–Crippen LogP) is 4.08. The molecule has 1 amide bonds. The summed E-state index contributed by atoms with van der Waals surface area (Å²) in [6, 6.07) is 12.3. The highest BCUT2D eigenvalue weighted by molar-refractivity contribution is 6.32. The van der Waals surface area contributed by atoms with Gasteiger partial charge in [-0.05, 0) is 55.3 Å². The molecule has 0 bridgehead atoms. The Morgan fingerprint density at radius 1 is 1.15 bits per heavy atom. The summed E-state index contributed by atoms with van der Waals surface area (Å²) in [7, 11) is 0. The number of carbonyl (C=O) groups is 1. The van der Waals surface area contributed by atoms with Crippen molar-refractivity contribution in [3.05, 3.63) is 63.7 Å². The minimum absolute atomic E-state index is 0.200. The van der Waals surface area contributed by atoms with E-state index in [-0.39, 0.29) is 5.91 Å². The first kappa shape index (κ1) is 14.1. The standard InChI is InChI=1S/C16H13ClN2O/c1-10-3-4-12(7-11(10)2)16(20)19-14-6-5-13(9-18)15(17)8-14/h3-8H,1-2H3,(H,19,20). The van der Waals surface area contributed by atoms with Crippen LogP contribution in [-0.2, 0) is 0 Å². The first-order valence-electron chi connectivity index (χ1n) is 6.09. The Morgan fingerprint density at radius 3 is 2.50 bits per heavy atom. The second-order valence-electron chi connectivity index (χ2n) is 4.56. The molecule has 0 aliphatic rings. The number of aryl methyl sites for hydroxylation is 2. The van der Waals surface area contributed by atoms with Crippen molar-refractivity contribution in [1.82, 2.24) is 0 Å². The lowest BCUT2D eigenvalue weighted by molar-refractivity contribution is 0.102. The third kappa shape index (κ3) is 2.98. The van der Waals surface area contributed by atoms with Crippen LogP contribution in [0, 0.1) is 25.2 Å². The monoisotopic (exact) mass is 284 g/mol. The Bertz CT molecular complexity index is 717. The summed E-state index contributed by atoms with van der Waals surface area (Å²) in [5.74, 6) is -0.200. The van der Waals surface area contributed by atoms with Gasteiger partial charge in [0, 0.05) is 11.3 Å². The number of nitriles is 1. The molecule has 2 aromatic carbocycles. The van der Waals surface area contributed by atoms with Crippen molar-refractivity contribution in [2.75, 3.05) is 5.32 Å². The molecule has 0 fully saturated rings. The molecule has 1 N–H and O–H groups in total. The molecule has 2 aromatic rings. The maximum absolute atomic E-state index is 12.1. The second-order valence-corrected chi connectivity index (χ2v) is 4.97. The normalized spacial score (nSPS) is 9.90. The van der Waals surface area contributed by atoms with Crippen molar-refractivity contribution < 1.29 is 4.79 Å². The summed E-state index contributed by atoms with van der Waals surface area (Å²) in [5, 5.41) is 11.9. The van der Waals surface area contributed by atoms with Gasteiger partial charge in [0.05, 0.1) is 10.6 Å². The number of nitrogens with zero attached hydrogens (tertiary/aromatic N) is 1. The molecule has 2 rings (SSSR count). The molecule has 0 unspecified atom stereocenters. The molecular formula is C16H13ClN2O. The van der Waals surface area contributed by atoms with Gasteiger partial charge in [-0.2, -0.15) is 5.26 Å².